The van der Waals surface area contributed by atoms with Gasteiger partial charge in [-0.2, -0.15) is 27.7 Å². The fraction of sp³-hybridized carbons (Fsp3) is 0.543. The van der Waals surface area contributed by atoms with E-state index in [1.165, 1.54) is 11.4 Å². The highest BCUT2D eigenvalue weighted by atomic mass is 32.2. The van der Waals surface area contributed by atoms with Crippen LogP contribution in [-0.2, 0) is 34.3 Å². The zero-order valence-electron chi connectivity index (χ0n) is 30.4. The number of hydrogen-bond acceptors (Lipinski definition) is 11. The number of anilines is 2. The number of aryl methyl sites for hydroxylation is 1. The number of hydrogen-bond donors (Lipinski definition) is 3. The summed E-state index contributed by atoms with van der Waals surface area (Å²) in [6.45, 7) is 7.89. The van der Waals surface area contributed by atoms with Crippen LogP contribution >= 0.6 is 11.3 Å². The summed E-state index contributed by atoms with van der Waals surface area (Å²) in [5, 5.41) is 20.7. The van der Waals surface area contributed by atoms with Crippen LogP contribution in [0.5, 0.6) is 0 Å². The van der Waals surface area contributed by atoms with E-state index in [0.29, 0.717) is 40.8 Å². The van der Waals surface area contributed by atoms with Crippen LogP contribution in [0.25, 0.3) is 21.1 Å². The maximum Gasteiger partial charge on any atom is 0.393 e. The van der Waals surface area contributed by atoms with Gasteiger partial charge in [0.05, 0.1) is 18.1 Å². The second-order valence-electron chi connectivity index (χ2n) is 13.9. The third kappa shape index (κ3) is 8.54. The van der Waals surface area contributed by atoms with Gasteiger partial charge in [-0.1, -0.05) is 6.07 Å². The van der Waals surface area contributed by atoms with Crippen molar-refractivity contribution in [1.29, 1.82) is 5.26 Å². The maximum atomic E-state index is 13.1. The van der Waals surface area contributed by atoms with Crippen molar-refractivity contribution in [2.24, 2.45) is 0 Å². The number of alkyl halides is 3. The average Bonchev–Trinajstić information content (AvgIpc) is 3.68. The number of piperidine rings is 1. The van der Waals surface area contributed by atoms with E-state index in [4.69, 9.17) is 0 Å². The highest BCUT2D eigenvalue weighted by Gasteiger charge is 2.38. The first kappa shape index (κ1) is 38.7. The number of likely N-dealkylation sites (tertiary alicyclic amines) is 1. The Morgan fingerprint density at radius 2 is 1.85 bits per heavy atom. The summed E-state index contributed by atoms with van der Waals surface area (Å²) in [6.07, 6.45) is -2.53. The molecule has 2 fully saturated rings. The molecule has 2 aliphatic rings. The minimum Gasteiger partial charge on any atom is -0.367 e. The largest absolute Gasteiger partial charge is 0.393 e. The van der Waals surface area contributed by atoms with E-state index in [0.717, 1.165) is 72.1 Å². The number of piperazine rings is 1. The lowest BCUT2D eigenvalue weighted by Crippen LogP contribution is -2.61. The van der Waals surface area contributed by atoms with Gasteiger partial charge >= 0.3 is 6.18 Å². The number of carbonyl (C=O) groups excluding carboxylic acids is 1. The number of carbonyl (C=O) groups is 1. The number of halogens is 3. The Morgan fingerprint density at radius 1 is 1.11 bits per heavy atom. The smallest absolute Gasteiger partial charge is 0.367 e. The van der Waals surface area contributed by atoms with E-state index >= 15 is 0 Å². The Bertz CT molecular complexity index is 2140. The molecule has 4 aromatic rings. The minimum atomic E-state index is -4.30. The van der Waals surface area contributed by atoms with Crippen molar-refractivity contribution in [3.05, 3.63) is 46.0 Å². The summed E-state index contributed by atoms with van der Waals surface area (Å²) in [4.78, 5) is 26.8. The zero-order valence-corrected chi connectivity index (χ0v) is 32.1. The monoisotopic (exact) mass is 774 g/mol. The lowest BCUT2D eigenvalue weighted by molar-refractivity contribution is -0.127. The van der Waals surface area contributed by atoms with E-state index < -0.39 is 28.7 Å². The molecule has 53 heavy (non-hydrogen) atoms. The number of amides is 1. The summed E-state index contributed by atoms with van der Waals surface area (Å²) in [7, 11) is -0.381. The SMILES string of the molecule is CNC(=O)[C@@H]1CN([C@@H](C)Cn2c(C#N)cc3c(C)c(CN4CCC(Nc5nc(NC)nc6sc(CC(F)(F)F)cc56)CC4)ccc32)CCN1S(C)(=O)=O. The molecule has 1 amide bonds. The summed E-state index contributed by atoms with van der Waals surface area (Å²) in [5.41, 5.74) is 3.74. The maximum absolute atomic E-state index is 13.1. The van der Waals surface area contributed by atoms with E-state index in [9.17, 15) is 31.6 Å². The first-order valence-electron chi connectivity index (χ1n) is 17.6. The molecule has 0 radical (unpaired) electrons. The molecule has 3 aromatic heterocycles. The molecule has 5 heterocycles. The standard InChI is InChI=1S/C35H45F3N10O3S2/c1-21(46-12-13-48(53(5,50)51)30(20-46)32(49)40-3)18-47-25(17-39)14-27-22(2)23(6-7-29(27)47)19-45-10-8-24(9-11-45)42-31-28-15-26(16-35(36,37)38)52-33(28)44-34(41-4)43-31/h6-7,14-15,21,24,30H,8-13,16,18-20H2,1-5H3,(H,40,49)(H2,41,42,43,44)/t21-,30-/m0/s1. The molecule has 2 atom stereocenters. The van der Waals surface area contributed by atoms with Crippen molar-refractivity contribution in [2.75, 3.05) is 63.7 Å². The second-order valence-corrected chi connectivity index (χ2v) is 17.0. The summed E-state index contributed by atoms with van der Waals surface area (Å²) in [6, 6.07) is 9.18. The quantitative estimate of drug-likeness (QED) is 0.203. The summed E-state index contributed by atoms with van der Waals surface area (Å²) < 4.78 is 67.3. The molecule has 2 aliphatic heterocycles. The normalized spacial score (nSPS) is 19.0. The number of benzene rings is 1. The molecule has 13 nitrogen and oxygen atoms in total. The van der Waals surface area contributed by atoms with Crippen LogP contribution in [0.2, 0.25) is 0 Å². The number of fused-ring (bicyclic) bond motifs is 2. The first-order valence-corrected chi connectivity index (χ1v) is 20.2. The van der Waals surface area contributed by atoms with Crippen LogP contribution in [0.3, 0.4) is 0 Å². The average molecular weight is 775 g/mol. The Labute approximate surface area is 311 Å². The molecule has 0 saturated carbocycles. The number of likely N-dealkylation sites (N-methyl/N-ethyl adjacent to an activating group) is 1. The molecule has 0 bridgehead atoms. The van der Waals surface area contributed by atoms with E-state index in [1.807, 2.05) is 17.6 Å². The van der Waals surface area contributed by atoms with Crippen molar-refractivity contribution in [3.63, 3.8) is 0 Å². The predicted octanol–water partition coefficient (Wildman–Crippen LogP) is 4.13. The summed E-state index contributed by atoms with van der Waals surface area (Å²) in [5.74, 6) is 0.544. The van der Waals surface area contributed by atoms with Gasteiger partial charge in [-0.05, 0) is 56.0 Å². The molecular weight excluding hydrogens is 730 g/mol. The van der Waals surface area contributed by atoms with Gasteiger partial charge in [0, 0.05) is 87.8 Å². The van der Waals surface area contributed by atoms with E-state index in [1.54, 1.807) is 13.1 Å². The third-order valence-corrected chi connectivity index (χ3v) is 12.7. The van der Waals surface area contributed by atoms with Gasteiger partial charge in [0.15, 0.2) is 0 Å². The fourth-order valence-electron chi connectivity index (χ4n) is 7.47. The molecular formula is C35H45F3N10O3S2. The van der Waals surface area contributed by atoms with Gasteiger partial charge in [0.25, 0.3) is 0 Å². The van der Waals surface area contributed by atoms with Crippen LogP contribution in [-0.4, -0.2) is 120 Å². The number of rotatable bonds is 11. The molecule has 18 heteroatoms. The molecule has 286 valence electrons. The van der Waals surface area contributed by atoms with Crippen molar-refractivity contribution in [2.45, 2.75) is 70.5 Å². The lowest BCUT2D eigenvalue weighted by Gasteiger charge is -2.41. The number of sulfonamides is 1. The van der Waals surface area contributed by atoms with Gasteiger partial charge in [-0.15, -0.1) is 11.3 Å². The number of nitriles is 1. The lowest BCUT2D eigenvalue weighted by atomic mass is 10.0. The Morgan fingerprint density at radius 3 is 2.49 bits per heavy atom. The molecule has 0 aliphatic carbocycles. The van der Waals surface area contributed by atoms with E-state index in [-0.39, 0.29) is 36.0 Å². The second kappa shape index (κ2) is 15.4. The number of nitrogens with one attached hydrogen (secondary N) is 3. The van der Waals surface area contributed by atoms with Crippen molar-refractivity contribution < 1.29 is 26.4 Å². The van der Waals surface area contributed by atoms with Gasteiger partial charge in [-0.25, -0.2) is 13.4 Å². The van der Waals surface area contributed by atoms with Crippen LogP contribution in [0.4, 0.5) is 24.9 Å². The van der Waals surface area contributed by atoms with Crippen LogP contribution in [0.1, 0.15) is 41.5 Å². The van der Waals surface area contributed by atoms with Crippen molar-refractivity contribution >= 4 is 60.2 Å². The first-order chi connectivity index (χ1) is 25.1. The highest BCUT2D eigenvalue weighted by molar-refractivity contribution is 7.88. The third-order valence-electron chi connectivity index (χ3n) is 10.4. The molecule has 3 N–H and O–H groups in total. The molecule has 2 saturated heterocycles. The minimum absolute atomic E-state index is 0.0774. The van der Waals surface area contributed by atoms with Crippen LogP contribution in [0.15, 0.2) is 24.3 Å². The molecule has 6 rings (SSSR count). The molecule has 0 unspecified atom stereocenters. The predicted molar refractivity (Wildman–Crippen MR) is 200 cm³/mol. The zero-order chi connectivity index (χ0) is 38.2. The Hall–Kier alpha value is -4.02. The number of nitrogens with zero attached hydrogens (tertiary/aromatic N) is 7. The number of thiophene rings is 1. The molecule has 1 aromatic carbocycles. The van der Waals surface area contributed by atoms with Gasteiger partial charge in [0.2, 0.25) is 21.9 Å². The van der Waals surface area contributed by atoms with Crippen molar-refractivity contribution in [1.82, 2.24) is 34.0 Å². The number of aromatic nitrogens is 3. The Balaban J connectivity index is 1.12. The molecule has 0 spiro atoms. The van der Waals surface area contributed by atoms with Crippen LogP contribution in [0, 0.1) is 18.3 Å². The topological polar surface area (TPSA) is 152 Å². The van der Waals surface area contributed by atoms with Gasteiger partial charge in [-0.3, -0.25) is 14.6 Å². The highest BCUT2D eigenvalue weighted by Crippen LogP contribution is 2.35. The van der Waals surface area contributed by atoms with Gasteiger partial charge in [0.1, 0.15) is 28.5 Å². The summed E-state index contributed by atoms with van der Waals surface area (Å²) >= 11 is 1.03. The van der Waals surface area contributed by atoms with E-state index in [2.05, 4.69) is 60.8 Å². The van der Waals surface area contributed by atoms with Crippen LogP contribution < -0.4 is 16.0 Å². The van der Waals surface area contributed by atoms with Gasteiger partial charge < -0.3 is 20.5 Å². The Kier molecular flexibility index (Phi) is 11.2. The van der Waals surface area contributed by atoms with Crippen molar-refractivity contribution in [3.8, 4) is 6.07 Å². The fourth-order valence-corrected chi connectivity index (χ4v) is 9.57.